The fourth-order valence-electron chi connectivity index (χ4n) is 1.70. The van der Waals surface area contributed by atoms with E-state index >= 15 is 0 Å². The van der Waals surface area contributed by atoms with Crippen molar-refractivity contribution >= 4 is 0 Å². The lowest BCUT2D eigenvalue weighted by molar-refractivity contribution is 0.0299. The summed E-state index contributed by atoms with van der Waals surface area (Å²) in [6.07, 6.45) is 1.21. The lowest BCUT2D eigenvalue weighted by Gasteiger charge is -2.29. The van der Waals surface area contributed by atoms with Gasteiger partial charge in [0, 0.05) is 0 Å². The Hall–Kier alpha value is -1.02. The largest absolute Gasteiger partial charge is 0.475 e. The molecule has 0 aromatic heterocycles. The van der Waals surface area contributed by atoms with Gasteiger partial charge in [0.2, 0.25) is 0 Å². The maximum Gasteiger partial charge on any atom is 0.152 e. The minimum atomic E-state index is 0.197. The molecule has 0 heterocycles. The molecule has 0 amide bonds. The summed E-state index contributed by atoms with van der Waals surface area (Å²) in [7, 11) is 0. The molecule has 0 aliphatic rings. The van der Waals surface area contributed by atoms with Gasteiger partial charge in [0.1, 0.15) is 5.75 Å². The van der Waals surface area contributed by atoms with Crippen molar-refractivity contribution in [2.75, 3.05) is 13.1 Å². The first-order valence-corrected chi connectivity index (χ1v) is 5.77. The molecule has 1 aromatic carbocycles. The molecule has 1 rings (SSSR count). The highest BCUT2D eigenvalue weighted by Crippen LogP contribution is 2.14. The predicted octanol–water partition coefficient (Wildman–Crippen LogP) is 3.14. The number of hydrogen-bond donors (Lipinski definition) is 0. The summed E-state index contributed by atoms with van der Waals surface area (Å²) in [5.74, 6) is 0.955. The average molecular weight is 207 g/mol. The summed E-state index contributed by atoms with van der Waals surface area (Å²) in [6, 6.07) is 10.0. The number of ether oxygens (including phenoxy) is 1. The molecule has 0 saturated carbocycles. The highest BCUT2D eigenvalue weighted by Gasteiger charge is 2.14. The van der Waals surface area contributed by atoms with Crippen LogP contribution in [0.5, 0.6) is 5.75 Å². The van der Waals surface area contributed by atoms with Crippen molar-refractivity contribution in [1.29, 1.82) is 0 Å². The standard InChI is InChI=1S/C13H21NO/c1-4-13(14(5-2)6-3)15-12-10-8-7-9-11-12/h7-11,13H,4-6H2,1-3H3. The van der Waals surface area contributed by atoms with Gasteiger partial charge in [-0.1, -0.05) is 39.0 Å². The summed E-state index contributed by atoms with van der Waals surface area (Å²) in [5.41, 5.74) is 0. The molecule has 15 heavy (non-hydrogen) atoms. The highest BCUT2D eigenvalue weighted by atomic mass is 16.5. The second-order valence-electron chi connectivity index (χ2n) is 3.52. The van der Waals surface area contributed by atoms with Gasteiger partial charge in [-0.2, -0.15) is 0 Å². The first-order chi connectivity index (χ1) is 7.31. The third kappa shape index (κ3) is 3.56. The quantitative estimate of drug-likeness (QED) is 0.664. The molecular weight excluding hydrogens is 186 g/mol. The molecule has 0 aliphatic carbocycles. The van der Waals surface area contributed by atoms with Crippen molar-refractivity contribution in [2.24, 2.45) is 0 Å². The molecule has 0 fully saturated rings. The van der Waals surface area contributed by atoms with Gasteiger partial charge in [0.15, 0.2) is 6.23 Å². The maximum absolute atomic E-state index is 5.93. The predicted molar refractivity (Wildman–Crippen MR) is 64.1 cm³/mol. The van der Waals surface area contributed by atoms with Crippen LogP contribution in [0.1, 0.15) is 27.2 Å². The smallest absolute Gasteiger partial charge is 0.152 e. The van der Waals surface area contributed by atoms with E-state index in [0.717, 1.165) is 25.3 Å². The first-order valence-electron chi connectivity index (χ1n) is 5.77. The van der Waals surface area contributed by atoms with E-state index in [4.69, 9.17) is 4.74 Å². The van der Waals surface area contributed by atoms with Crippen LogP contribution >= 0.6 is 0 Å². The molecule has 0 spiro atoms. The van der Waals surface area contributed by atoms with Crippen molar-refractivity contribution in [3.8, 4) is 5.75 Å². The third-order valence-corrected chi connectivity index (χ3v) is 2.58. The van der Waals surface area contributed by atoms with E-state index in [2.05, 4.69) is 25.7 Å². The minimum Gasteiger partial charge on any atom is -0.475 e. The molecule has 1 aromatic rings. The molecule has 84 valence electrons. The zero-order valence-electron chi connectivity index (χ0n) is 9.94. The van der Waals surface area contributed by atoms with E-state index in [-0.39, 0.29) is 6.23 Å². The SMILES string of the molecule is CCC(Oc1ccccc1)N(CC)CC. The van der Waals surface area contributed by atoms with E-state index < -0.39 is 0 Å². The second-order valence-corrected chi connectivity index (χ2v) is 3.52. The van der Waals surface area contributed by atoms with Gasteiger partial charge in [-0.05, 0) is 31.6 Å². The summed E-state index contributed by atoms with van der Waals surface area (Å²) in [6.45, 7) is 8.55. The average Bonchev–Trinajstić information content (AvgIpc) is 2.30. The Morgan fingerprint density at radius 3 is 2.13 bits per heavy atom. The van der Waals surface area contributed by atoms with E-state index in [1.54, 1.807) is 0 Å². The van der Waals surface area contributed by atoms with Crippen molar-refractivity contribution in [1.82, 2.24) is 4.90 Å². The molecular formula is C13H21NO. The molecule has 2 heteroatoms. The van der Waals surface area contributed by atoms with Gasteiger partial charge < -0.3 is 4.74 Å². The van der Waals surface area contributed by atoms with E-state index in [1.165, 1.54) is 0 Å². The van der Waals surface area contributed by atoms with E-state index in [1.807, 2.05) is 30.3 Å². The highest BCUT2D eigenvalue weighted by molar-refractivity contribution is 5.21. The van der Waals surface area contributed by atoms with Gasteiger partial charge in [0.25, 0.3) is 0 Å². The zero-order valence-corrected chi connectivity index (χ0v) is 9.94. The van der Waals surface area contributed by atoms with Gasteiger partial charge >= 0.3 is 0 Å². The number of benzene rings is 1. The zero-order chi connectivity index (χ0) is 11.1. The monoisotopic (exact) mass is 207 g/mol. The van der Waals surface area contributed by atoms with Crippen LogP contribution in [0.2, 0.25) is 0 Å². The fraction of sp³-hybridized carbons (Fsp3) is 0.538. The summed E-state index contributed by atoms with van der Waals surface area (Å²) in [5, 5.41) is 0. The van der Waals surface area contributed by atoms with Crippen molar-refractivity contribution in [3.63, 3.8) is 0 Å². The second kappa shape index (κ2) is 6.46. The lowest BCUT2D eigenvalue weighted by atomic mass is 10.3. The van der Waals surface area contributed by atoms with Crippen LogP contribution in [-0.2, 0) is 0 Å². The van der Waals surface area contributed by atoms with Gasteiger partial charge in [-0.3, -0.25) is 4.90 Å². The summed E-state index contributed by atoms with van der Waals surface area (Å²) < 4.78 is 5.93. The van der Waals surface area contributed by atoms with E-state index in [0.29, 0.717) is 0 Å². The van der Waals surface area contributed by atoms with Gasteiger partial charge in [-0.15, -0.1) is 0 Å². The van der Waals surface area contributed by atoms with Crippen LogP contribution in [0, 0.1) is 0 Å². The number of nitrogens with zero attached hydrogens (tertiary/aromatic N) is 1. The molecule has 0 saturated heterocycles. The Bertz CT molecular complexity index is 256. The van der Waals surface area contributed by atoms with Gasteiger partial charge in [-0.25, -0.2) is 0 Å². The third-order valence-electron chi connectivity index (χ3n) is 2.58. The van der Waals surface area contributed by atoms with Crippen molar-refractivity contribution in [2.45, 2.75) is 33.4 Å². The first kappa shape index (κ1) is 12.1. The lowest BCUT2D eigenvalue weighted by Crippen LogP contribution is -2.38. The molecule has 0 N–H and O–H groups in total. The molecule has 1 atom stereocenters. The fourth-order valence-corrected chi connectivity index (χ4v) is 1.70. The van der Waals surface area contributed by atoms with Crippen molar-refractivity contribution in [3.05, 3.63) is 30.3 Å². The van der Waals surface area contributed by atoms with Gasteiger partial charge in [0.05, 0.1) is 0 Å². The Morgan fingerprint density at radius 1 is 1.07 bits per heavy atom. The maximum atomic E-state index is 5.93. The van der Waals surface area contributed by atoms with Crippen LogP contribution in [0.15, 0.2) is 30.3 Å². The molecule has 0 aliphatic heterocycles. The van der Waals surface area contributed by atoms with Crippen LogP contribution in [-0.4, -0.2) is 24.2 Å². The normalized spacial score (nSPS) is 12.8. The molecule has 1 unspecified atom stereocenters. The number of rotatable bonds is 6. The minimum absolute atomic E-state index is 0.197. The summed E-state index contributed by atoms with van der Waals surface area (Å²) >= 11 is 0. The Kier molecular flexibility index (Phi) is 5.19. The summed E-state index contributed by atoms with van der Waals surface area (Å²) in [4.78, 5) is 2.33. The van der Waals surface area contributed by atoms with Crippen molar-refractivity contribution < 1.29 is 4.74 Å². The Balaban J connectivity index is 2.61. The van der Waals surface area contributed by atoms with Crippen LogP contribution < -0.4 is 4.74 Å². The Labute approximate surface area is 92.9 Å². The molecule has 2 nitrogen and oxygen atoms in total. The van der Waals surface area contributed by atoms with Crippen LogP contribution in [0.3, 0.4) is 0 Å². The number of para-hydroxylation sites is 1. The Morgan fingerprint density at radius 2 is 1.67 bits per heavy atom. The number of hydrogen-bond acceptors (Lipinski definition) is 2. The molecule has 0 bridgehead atoms. The van der Waals surface area contributed by atoms with E-state index in [9.17, 15) is 0 Å². The van der Waals surface area contributed by atoms with Crippen LogP contribution in [0.4, 0.5) is 0 Å². The van der Waals surface area contributed by atoms with Crippen LogP contribution in [0.25, 0.3) is 0 Å². The molecule has 0 radical (unpaired) electrons. The topological polar surface area (TPSA) is 12.5 Å².